The SMILES string of the molecule is CCOC(=O)CN1CCC(C)(c2ccc(OC)c(OC3CCC3)c2)CC1. The number of likely N-dealkylation sites (tertiary alicyclic amines) is 1. The van der Waals surface area contributed by atoms with Crippen LogP contribution in [0, 0.1) is 0 Å². The molecule has 0 aromatic heterocycles. The molecule has 1 saturated heterocycles. The van der Waals surface area contributed by atoms with E-state index in [4.69, 9.17) is 14.2 Å². The zero-order valence-electron chi connectivity index (χ0n) is 16.3. The molecule has 0 spiro atoms. The summed E-state index contributed by atoms with van der Waals surface area (Å²) >= 11 is 0. The molecule has 2 aliphatic rings. The van der Waals surface area contributed by atoms with Gasteiger partial charge < -0.3 is 14.2 Å². The number of benzene rings is 1. The lowest BCUT2D eigenvalue weighted by molar-refractivity contribution is -0.144. The van der Waals surface area contributed by atoms with Crippen LogP contribution in [0.4, 0.5) is 0 Å². The molecule has 1 aliphatic carbocycles. The fraction of sp³-hybridized carbons (Fsp3) is 0.667. The molecule has 0 unspecified atom stereocenters. The molecule has 0 amide bonds. The molecule has 5 nitrogen and oxygen atoms in total. The van der Waals surface area contributed by atoms with Crippen molar-refractivity contribution in [3.05, 3.63) is 23.8 Å². The molecule has 5 heteroatoms. The van der Waals surface area contributed by atoms with Gasteiger partial charge in [0.15, 0.2) is 11.5 Å². The van der Waals surface area contributed by atoms with Gasteiger partial charge in [-0.25, -0.2) is 0 Å². The van der Waals surface area contributed by atoms with Crippen LogP contribution in [0.2, 0.25) is 0 Å². The molecule has 2 fully saturated rings. The topological polar surface area (TPSA) is 48.0 Å². The highest BCUT2D eigenvalue weighted by atomic mass is 16.5. The van der Waals surface area contributed by atoms with Gasteiger partial charge in [-0.2, -0.15) is 0 Å². The standard InChI is InChI=1S/C21H31NO4/c1-4-25-20(23)15-22-12-10-21(2,11-13-22)16-8-9-18(24-3)19(14-16)26-17-6-5-7-17/h8-9,14,17H,4-7,10-13,15H2,1-3H3. The monoisotopic (exact) mass is 361 g/mol. The molecular weight excluding hydrogens is 330 g/mol. The van der Waals surface area contributed by atoms with Crippen LogP contribution in [0.5, 0.6) is 11.5 Å². The van der Waals surface area contributed by atoms with Crippen LogP contribution < -0.4 is 9.47 Å². The van der Waals surface area contributed by atoms with E-state index in [-0.39, 0.29) is 11.4 Å². The minimum atomic E-state index is -0.128. The Morgan fingerprint density at radius 3 is 2.54 bits per heavy atom. The third kappa shape index (κ3) is 4.32. The first-order valence-corrected chi connectivity index (χ1v) is 9.77. The van der Waals surface area contributed by atoms with Crippen LogP contribution in [-0.4, -0.2) is 50.3 Å². The van der Waals surface area contributed by atoms with Crippen LogP contribution in [-0.2, 0) is 14.9 Å². The van der Waals surface area contributed by atoms with Gasteiger partial charge in [0.05, 0.1) is 26.4 Å². The first kappa shape index (κ1) is 19.0. The molecule has 1 aliphatic heterocycles. The summed E-state index contributed by atoms with van der Waals surface area (Å²) in [6.07, 6.45) is 5.88. The van der Waals surface area contributed by atoms with E-state index in [0.29, 0.717) is 19.3 Å². The van der Waals surface area contributed by atoms with Crippen molar-refractivity contribution in [3.63, 3.8) is 0 Å². The van der Waals surface area contributed by atoms with Crippen molar-refractivity contribution in [2.45, 2.75) is 57.5 Å². The largest absolute Gasteiger partial charge is 0.493 e. The Balaban J connectivity index is 1.66. The average molecular weight is 361 g/mol. The molecular formula is C21H31NO4. The Morgan fingerprint density at radius 2 is 1.96 bits per heavy atom. The smallest absolute Gasteiger partial charge is 0.320 e. The summed E-state index contributed by atoms with van der Waals surface area (Å²) in [6, 6.07) is 6.35. The molecule has 0 bridgehead atoms. The highest BCUT2D eigenvalue weighted by Gasteiger charge is 2.33. The molecule has 0 N–H and O–H groups in total. The Bertz CT molecular complexity index is 618. The number of hydrogen-bond acceptors (Lipinski definition) is 5. The van der Waals surface area contributed by atoms with Crippen LogP contribution >= 0.6 is 0 Å². The summed E-state index contributed by atoms with van der Waals surface area (Å²) in [5, 5.41) is 0. The fourth-order valence-electron chi connectivity index (χ4n) is 3.69. The number of methoxy groups -OCH3 is 1. The maximum absolute atomic E-state index is 11.7. The number of piperidine rings is 1. The van der Waals surface area contributed by atoms with Gasteiger partial charge in [0.1, 0.15) is 0 Å². The lowest BCUT2D eigenvalue weighted by Gasteiger charge is -2.39. The average Bonchev–Trinajstić information content (AvgIpc) is 2.60. The predicted octanol–water partition coefficient (Wildman–Crippen LogP) is 3.54. The number of hydrogen-bond donors (Lipinski definition) is 0. The van der Waals surface area contributed by atoms with Crippen molar-refractivity contribution in [2.24, 2.45) is 0 Å². The highest BCUT2D eigenvalue weighted by molar-refractivity contribution is 5.71. The van der Waals surface area contributed by atoms with Gasteiger partial charge >= 0.3 is 5.97 Å². The molecule has 1 aromatic carbocycles. The molecule has 3 rings (SSSR count). The van der Waals surface area contributed by atoms with Crippen LogP contribution in [0.25, 0.3) is 0 Å². The van der Waals surface area contributed by atoms with Gasteiger partial charge in [0, 0.05) is 0 Å². The summed E-state index contributed by atoms with van der Waals surface area (Å²) in [6.45, 7) is 6.80. The molecule has 0 radical (unpaired) electrons. The molecule has 26 heavy (non-hydrogen) atoms. The van der Waals surface area contributed by atoms with Crippen molar-refractivity contribution in [3.8, 4) is 11.5 Å². The number of ether oxygens (including phenoxy) is 3. The van der Waals surface area contributed by atoms with Gasteiger partial charge in [-0.15, -0.1) is 0 Å². The van der Waals surface area contributed by atoms with Gasteiger partial charge in [0.2, 0.25) is 0 Å². The summed E-state index contributed by atoms with van der Waals surface area (Å²) < 4.78 is 16.7. The third-order valence-corrected chi connectivity index (χ3v) is 5.82. The van der Waals surface area contributed by atoms with E-state index in [0.717, 1.165) is 50.3 Å². The minimum Gasteiger partial charge on any atom is -0.493 e. The molecule has 0 atom stereocenters. The summed E-state index contributed by atoms with van der Waals surface area (Å²) in [7, 11) is 1.69. The quantitative estimate of drug-likeness (QED) is 0.695. The predicted molar refractivity (Wildman–Crippen MR) is 101 cm³/mol. The van der Waals surface area contributed by atoms with Crippen molar-refractivity contribution >= 4 is 5.97 Å². The summed E-state index contributed by atoms with van der Waals surface area (Å²) in [5.41, 5.74) is 1.39. The molecule has 1 aromatic rings. The van der Waals surface area contributed by atoms with E-state index in [1.54, 1.807) is 7.11 Å². The zero-order chi connectivity index (χ0) is 18.6. The van der Waals surface area contributed by atoms with Gasteiger partial charge in [-0.05, 0) is 75.2 Å². The lowest BCUT2D eigenvalue weighted by Crippen LogP contribution is -2.43. The van der Waals surface area contributed by atoms with Crippen LogP contribution in [0.3, 0.4) is 0 Å². The second-order valence-corrected chi connectivity index (χ2v) is 7.68. The molecule has 1 heterocycles. The molecule has 1 saturated carbocycles. The zero-order valence-corrected chi connectivity index (χ0v) is 16.3. The number of carbonyl (C=O) groups excluding carboxylic acids is 1. The summed E-state index contributed by atoms with van der Waals surface area (Å²) in [4.78, 5) is 13.9. The second-order valence-electron chi connectivity index (χ2n) is 7.68. The van der Waals surface area contributed by atoms with E-state index in [2.05, 4.69) is 24.0 Å². The van der Waals surface area contributed by atoms with E-state index in [1.807, 2.05) is 13.0 Å². The fourth-order valence-corrected chi connectivity index (χ4v) is 3.69. The highest BCUT2D eigenvalue weighted by Crippen LogP contribution is 2.40. The maximum atomic E-state index is 11.7. The van der Waals surface area contributed by atoms with Gasteiger partial charge in [-0.1, -0.05) is 13.0 Å². The first-order valence-electron chi connectivity index (χ1n) is 9.77. The Labute approximate surface area is 156 Å². The van der Waals surface area contributed by atoms with E-state index >= 15 is 0 Å². The van der Waals surface area contributed by atoms with Crippen molar-refractivity contribution in [1.82, 2.24) is 4.90 Å². The van der Waals surface area contributed by atoms with Crippen LogP contribution in [0.15, 0.2) is 18.2 Å². The first-order chi connectivity index (χ1) is 12.5. The Morgan fingerprint density at radius 1 is 1.23 bits per heavy atom. The lowest BCUT2D eigenvalue weighted by atomic mass is 9.74. The number of rotatable bonds is 7. The number of esters is 1. The van der Waals surface area contributed by atoms with Crippen molar-refractivity contribution in [1.29, 1.82) is 0 Å². The minimum absolute atomic E-state index is 0.0924. The Hall–Kier alpha value is -1.75. The van der Waals surface area contributed by atoms with Crippen LogP contribution in [0.1, 0.15) is 51.5 Å². The van der Waals surface area contributed by atoms with Crippen molar-refractivity contribution < 1.29 is 19.0 Å². The second kappa shape index (κ2) is 8.30. The number of carbonyl (C=O) groups is 1. The van der Waals surface area contributed by atoms with Gasteiger partial charge in [0.25, 0.3) is 0 Å². The Kier molecular flexibility index (Phi) is 6.07. The molecule has 144 valence electrons. The third-order valence-electron chi connectivity index (χ3n) is 5.82. The van der Waals surface area contributed by atoms with Crippen molar-refractivity contribution in [2.75, 3.05) is 33.4 Å². The normalized spacial score (nSPS) is 20.3. The van der Waals surface area contributed by atoms with E-state index < -0.39 is 0 Å². The van der Waals surface area contributed by atoms with Gasteiger partial charge in [-0.3, -0.25) is 9.69 Å². The van der Waals surface area contributed by atoms with E-state index in [9.17, 15) is 4.79 Å². The maximum Gasteiger partial charge on any atom is 0.320 e. The van der Waals surface area contributed by atoms with E-state index in [1.165, 1.54) is 12.0 Å². The number of nitrogens with zero attached hydrogens (tertiary/aromatic N) is 1. The summed E-state index contributed by atoms with van der Waals surface area (Å²) in [5.74, 6) is 1.55.